The molecule has 30 heavy (non-hydrogen) atoms. The minimum absolute atomic E-state index is 0.217. The monoisotopic (exact) mass is 435 g/mol. The molecule has 1 aromatic carbocycles. The molecule has 0 amide bonds. The van der Waals surface area contributed by atoms with E-state index in [-0.39, 0.29) is 5.75 Å². The van der Waals surface area contributed by atoms with E-state index < -0.39 is 37.0 Å². The van der Waals surface area contributed by atoms with Crippen molar-refractivity contribution < 1.29 is 35.0 Å². The van der Waals surface area contributed by atoms with Crippen molar-refractivity contribution in [2.75, 3.05) is 6.61 Å². The van der Waals surface area contributed by atoms with Crippen LogP contribution in [-0.4, -0.2) is 67.5 Å². The molecular weight excluding hydrogens is 410 g/mol. The Morgan fingerprint density at radius 3 is 2.63 bits per heavy atom. The van der Waals surface area contributed by atoms with E-state index in [0.717, 1.165) is 17.5 Å². The topological polar surface area (TPSA) is 135 Å². The number of aromatic amines is 1. The molecule has 6 N–H and O–H groups in total. The number of ether oxygens (including phenoxy) is 2. The molecule has 1 fully saturated rings. The number of thiophene rings is 1. The quantitative estimate of drug-likeness (QED) is 0.316. The van der Waals surface area contributed by atoms with E-state index in [1.54, 1.807) is 23.5 Å². The number of rotatable bonds is 6. The van der Waals surface area contributed by atoms with Crippen molar-refractivity contribution >= 4 is 22.2 Å². The molecule has 1 unspecified atom stereocenters. The first-order chi connectivity index (χ1) is 14.4. The molecule has 2 aromatic heterocycles. The van der Waals surface area contributed by atoms with E-state index >= 15 is 0 Å². The maximum absolute atomic E-state index is 10.9. The summed E-state index contributed by atoms with van der Waals surface area (Å²) < 4.78 is 10.7. The van der Waals surface area contributed by atoms with Crippen molar-refractivity contribution in [3.05, 3.63) is 51.8 Å². The number of aliphatic hydroxyl groups is 5. The Morgan fingerprint density at radius 2 is 1.93 bits per heavy atom. The van der Waals surface area contributed by atoms with Crippen molar-refractivity contribution in [1.82, 2.24) is 4.98 Å². The standard InChI is InChI=1S/C21H25NO7S/c1-2-12-6-7-13(30-12)8-11-9-22-14-4-3-5-15(17(11)14)29-21(27)19(25)18(24)16(10-23)28-20(21)26/h3-7,9,16,18-20,22-27H,2,8,10H2,1H3/t16-,18-,19+,20?,21+/m1/s1. The minimum Gasteiger partial charge on any atom is -0.454 e. The Kier molecular flexibility index (Phi) is 5.86. The van der Waals surface area contributed by atoms with Gasteiger partial charge in [-0.2, -0.15) is 0 Å². The molecule has 3 heterocycles. The highest BCUT2D eigenvalue weighted by atomic mass is 32.1. The fourth-order valence-electron chi connectivity index (χ4n) is 3.71. The second-order valence-electron chi connectivity index (χ2n) is 7.39. The van der Waals surface area contributed by atoms with Crippen LogP contribution in [0.2, 0.25) is 0 Å². The Hall–Kier alpha value is -1.98. The average molecular weight is 435 g/mol. The van der Waals surface area contributed by atoms with Crippen molar-refractivity contribution in [2.24, 2.45) is 0 Å². The maximum atomic E-state index is 10.9. The first kappa shape index (κ1) is 21.3. The normalized spacial score (nSPS) is 29.4. The van der Waals surface area contributed by atoms with Gasteiger partial charge in [-0.05, 0) is 36.2 Å². The van der Waals surface area contributed by atoms with Gasteiger partial charge in [-0.1, -0.05) is 13.0 Å². The van der Waals surface area contributed by atoms with Crippen LogP contribution in [-0.2, 0) is 17.6 Å². The zero-order chi connectivity index (χ0) is 21.5. The molecule has 0 spiro atoms. The number of aromatic nitrogens is 1. The second-order valence-corrected chi connectivity index (χ2v) is 8.64. The number of nitrogens with one attached hydrogen (secondary N) is 1. The van der Waals surface area contributed by atoms with E-state index in [9.17, 15) is 25.5 Å². The molecule has 1 saturated heterocycles. The summed E-state index contributed by atoms with van der Waals surface area (Å²) in [5.74, 6) is -2.40. The smallest absolute Gasteiger partial charge is 0.288 e. The largest absolute Gasteiger partial charge is 0.454 e. The third kappa shape index (κ3) is 3.63. The van der Waals surface area contributed by atoms with Crippen molar-refractivity contribution in [1.29, 1.82) is 0 Å². The van der Waals surface area contributed by atoms with Crippen LogP contribution >= 0.6 is 11.3 Å². The second kappa shape index (κ2) is 8.27. The summed E-state index contributed by atoms with van der Waals surface area (Å²) in [6, 6.07) is 9.33. The predicted octanol–water partition coefficient (Wildman–Crippen LogP) is 0.881. The zero-order valence-electron chi connectivity index (χ0n) is 16.4. The van der Waals surface area contributed by atoms with Gasteiger partial charge in [0, 0.05) is 33.3 Å². The zero-order valence-corrected chi connectivity index (χ0v) is 17.2. The molecule has 4 rings (SSSR count). The Balaban J connectivity index is 1.68. The molecule has 162 valence electrons. The number of hydrogen-bond donors (Lipinski definition) is 6. The van der Waals surface area contributed by atoms with Crippen molar-refractivity contribution in [3.63, 3.8) is 0 Å². The summed E-state index contributed by atoms with van der Waals surface area (Å²) in [4.78, 5) is 5.63. The first-order valence-corrected chi connectivity index (χ1v) is 10.6. The van der Waals surface area contributed by atoms with Crippen LogP contribution in [0.5, 0.6) is 5.75 Å². The van der Waals surface area contributed by atoms with Crippen LogP contribution in [0.25, 0.3) is 10.9 Å². The van der Waals surface area contributed by atoms with Gasteiger partial charge in [0.25, 0.3) is 5.79 Å². The fraction of sp³-hybridized carbons (Fsp3) is 0.429. The lowest BCUT2D eigenvalue weighted by molar-refractivity contribution is -0.385. The van der Waals surface area contributed by atoms with Crippen LogP contribution in [0.3, 0.4) is 0 Å². The number of aryl methyl sites for hydroxylation is 1. The number of hydrogen-bond acceptors (Lipinski definition) is 8. The highest BCUT2D eigenvalue weighted by molar-refractivity contribution is 7.12. The van der Waals surface area contributed by atoms with Crippen molar-refractivity contribution in [2.45, 2.75) is 50.2 Å². The molecular formula is C21H25NO7S. The summed E-state index contributed by atoms with van der Waals surface area (Å²) in [5.41, 5.74) is 1.68. The van der Waals surface area contributed by atoms with Crippen LogP contribution < -0.4 is 4.74 Å². The summed E-state index contributed by atoms with van der Waals surface area (Å²) in [5, 5.41) is 51.6. The predicted molar refractivity (Wildman–Crippen MR) is 110 cm³/mol. The Labute approximate surface area is 176 Å². The lowest BCUT2D eigenvalue weighted by atomic mass is 9.95. The first-order valence-electron chi connectivity index (χ1n) is 9.75. The molecule has 0 radical (unpaired) electrons. The van der Waals surface area contributed by atoms with Gasteiger partial charge in [0.05, 0.1) is 6.61 Å². The number of aliphatic hydroxyl groups excluding tert-OH is 4. The van der Waals surface area contributed by atoms with Gasteiger partial charge in [-0.3, -0.25) is 0 Å². The average Bonchev–Trinajstić information content (AvgIpc) is 3.37. The molecule has 1 aliphatic rings. The van der Waals surface area contributed by atoms with E-state index in [0.29, 0.717) is 11.8 Å². The summed E-state index contributed by atoms with van der Waals surface area (Å²) in [6.07, 6.45) is -3.31. The van der Waals surface area contributed by atoms with E-state index in [1.807, 2.05) is 12.3 Å². The summed E-state index contributed by atoms with van der Waals surface area (Å²) >= 11 is 1.72. The fourth-order valence-corrected chi connectivity index (χ4v) is 4.70. The lowest BCUT2D eigenvalue weighted by Crippen LogP contribution is -2.69. The molecule has 5 atom stereocenters. The molecule has 0 aliphatic carbocycles. The van der Waals surface area contributed by atoms with E-state index in [4.69, 9.17) is 9.47 Å². The summed E-state index contributed by atoms with van der Waals surface area (Å²) in [6.45, 7) is 1.47. The number of fused-ring (bicyclic) bond motifs is 1. The van der Waals surface area contributed by atoms with Gasteiger partial charge < -0.3 is 40.0 Å². The third-order valence-electron chi connectivity index (χ3n) is 5.42. The Morgan fingerprint density at radius 1 is 1.17 bits per heavy atom. The third-order valence-corrected chi connectivity index (χ3v) is 6.65. The van der Waals surface area contributed by atoms with Gasteiger partial charge in [0.1, 0.15) is 18.0 Å². The highest BCUT2D eigenvalue weighted by Gasteiger charge is 2.57. The SMILES string of the molecule is CCc1ccc(Cc2c[nH]c3cccc(O[C@]4(O)C(O)O[C@H](CO)[C@@H](O)[C@@H]4O)c23)s1. The lowest BCUT2D eigenvalue weighted by Gasteiger charge is -2.45. The molecule has 9 heteroatoms. The van der Waals surface area contributed by atoms with Crippen LogP contribution in [0.1, 0.15) is 22.2 Å². The van der Waals surface area contributed by atoms with E-state index in [1.165, 1.54) is 9.75 Å². The van der Waals surface area contributed by atoms with Crippen LogP contribution in [0.4, 0.5) is 0 Å². The van der Waals surface area contributed by atoms with Crippen LogP contribution in [0.15, 0.2) is 36.5 Å². The summed E-state index contributed by atoms with van der Waals surface area (Å²) in [7, 11) is 0. The molecule has 3 aromatic rings. The van der Waals surface area contributed by atoms with Gasteiger partial charge in [-0.15, -0.1) is 11.3 Å². The maximum Gasteiger partial charge on any atom is 0.288 e. The minimum atomic E-state index is -2.62. The van der Waals surface area contributed by atoms with Gasteiger partial charge in [0.2, 0.25) is 6.29 Å². The highest BCUT2D eigenvalue weighted by Crippen LogP contribution is 2.37. The molecule has 8 nitrogen and oxygen atoms in total. The van der Waals surface area contributed by atoms with E-state index in [2.05, 4.69) is 24.0 Å². The van der Waals surface area contributed by atoms with Gasteiger partial charge in [-0.25, -0.2) is 0 Å². The number of H-pyrrole nitrogens is 1. The van der Waals surface area contributed by atoms with Crippen LogP contribution in [0, 0.1) is 0 Å². The Bertz CT molecular complexity index is 1020. The number of benzene rings is 1. The molecule has 0 bridgehead atoms. The van der Waals surface area contributed by atoms with Gasteiger partial charge >= 0.3 is 0 Å². The van der Waals surface area contributed by atoms with Gasteiger partial charge in [0.15, 0.2) is 6.10 Å². The molecule has 1 aliphatic heterocycles. The molecule has 0 saturated carbocycles. The van der Waals surface area contributed by atoms with Crippen molar-refractivity contribution in [3.8, 4) is 5.75 Å².